The van der Waals surface area contributed by atoms with Crippen LogP contribution < -0.4 is 0 Å². The Labute approximate surface area is 249 Å². The molecule has 0 spiro atoms. The molecule has 12 heteroatoms. The molecule has 0 aliphatic carbocycles. The van der Waals surface area contributed by atoms with Crippen molar-refractivity contribution in [1.29, 1.82) is 0 Å². The van der Waals surface area contributed by atoms with Gasteiger partial charge in [-0.15, -0.1) is 0 Å². The van der Waals surface area contributed by atoms with Crippen molar-refractivity contribution < 1.29 is 57.8 Å². The highest BCUT2D eigenvalue weighted by molar-refractivity contribution is 5.67. The van der Waals surface area contributed by atoms with Crippen LogP contribution in [0.4, 0.5) is 0 Å². The first-order chi connectivity index (χ1) is 20.1. The van der Waals surface area contributed by atoms with Gasteiger partial charge in [0.25, 0.3) is 0 Å². The predicted molar refractivity (Wildman–Crippen MR) is 150 cm³/mol. The van der Waals surface area contributed by atoms with E-state index in [1.807, 2.05) is 0 Å². The number of hydrogen-bond donors (Lipinski definition) is 2. The number of unbranched alkanes of at least 4 members (excludes halogenated alkanes) is 11. The molecule has 0 aromatic rings. The molecule has 0 amide bonds. The lowest BCUT2D eigenvalue weighted by Crippen LogP contribution is -2.61. The number of esters is 3. The molecule has 2 saturated heterocycles. The molecule has 0 bridgehead atoms. The van der Waals surface area contributed by atoms with E-state index >= 15 is 0 Å². The van der Waals surface area contributed by atoms with E-state index < -0.39 is 67.1 Å². The van der Waals surface area contributed by atoms with Gasteiger partial charge in [0.1, 0.15) is 18.3 Å². The van der Waals surface area contributed by atoms with Crippen LogP contribution >= 0.6 is 0 Å². The van der Waals surface area contributed by atoms with Crippen molar-refractivity contribution in [2.75, 3.05) is 19.8 Å². The van der Waals surface area contributed by atoms with Gasteiger partial charge in [0.15, 0.2) is 30.9 Å². The molecule has 12 nitrogen and oxygen atoms in total. The summed E-state index contributed by atoms with van der Waals surface area (Å²) in [4.78, 5) is 35.1. The van der Waals surface area contributed by atoms with Crippen LogP contribution in [0.25, 0.3) is 0 Å². The van der Waals surface area contributed by atoms with Crippen LogP contribution in [0, 0.1) is 0 Å². The van der Waals surface area contributed by atoms with Crippen molar-refractivity contribution >= 4 is 17.9 Å². The molecule has 42 heavy (non-hydrogen) atoms. The third-order valence-electron chi connectivity index (χ3n) is 7.31. The van der Waals surface area contributed by atoms with Crippen molar-refractivity contribution in [3.8, 4) is 0 Å². The van der Waals surface area contributed by atoms with Gasteiger partial charge in [-0.3, -0.25) is 14.4 Å². The van der Waals surface area contributed by atoms with E-state index in [9.17, 15) is 24.6 Å². The zero-order valence-electron chi connectivity index (χ0n) is 25.7. The van der Waals surface area contributed by atoms with Gasteiger partial charge in [0, 0.05) is 27.4 Å². The van der Waals surface area contributed by atoms with Gasteiger partial charge in [-0.1, -0.05) is 77.6 Å². The molecule has 2 heterocycles. The van der Waals surface area contributed by atoms with Crippen LogP contribution in [-0.2, 0) is 47.5 Å². The lowest BCUT2D eigenvalue weighted by Gasteiger charge is -2.43. The summed E-state index contributed by atoms with van der Waals surface area (Å²) < 4.78 is 38.7. The Kier molecular flexibility index (Phi) is 17.5. The second-order valence-corrected chi connectivity index (χ2v) is 11.1. The minimum Gasteiger partial charge on any atom is -0.455 e. The summed E-state index contributed by atoms with van der Waals surface area (Å²) in [5.41, 5.74) is 0. The summed E-state index contributed by atoms with van der Waals surface area (Å²) in [6.45, 7) is 5.71. The van der Waals surface area contributed by atoms with Crippen LogP contribution in [0.3, 0.4) is 0 Å². The number of aliphatic hydroxyl groups excluding tert-OH is 2. The Bertz CT molecular complexity index is 792. The summed E-state index contributed by atoms with van der Waals surface area (Å²) >= 11 is 0. The lowest BCUT2D eigenvalue weighted by molar-refractivity contribution is -0.330. The summed E-state index contributed by atoms with van der Waals surface area (Å²) in [5, 5.41) is 21.3. The third kappa shape index (κ3) is 13.2. The largest absolute Gasteiger partial charge is 0.455 e. The fraction of sp³-hybridized carbons (Fsp3) is 0.900. The first kappa shape index (κ1) is 36.4. The molecule has 0 radical (unpaired) electrons. The average molecular weight is 605 g/mol. The van der Waals surface area contributed by atoms with Crippen molar-refractivity contribution in [2.45, 2.75) is 154 Å². The topological polar surface area (TPSA) is 156 Å². The Hall–Kier alpha value is -1.83. The van der Waals surface area contributed by atoms with E-state index in [2.05, 4.69) is 6.92 Å². The number of carbonyl (C=O) groups excluding carboxylic acids is 3. The number of carbonyl (C=O) groups is 3. The minimum atomic E-state index is -1.37. The second-order valence-electron chi connectivity index (χ2n) is 11.1. The molecule has 2 aliphatic heterocycles. The van der Waals surface area contributed by atoms with Crippen LogP contribution in [0.1, 0.15) is 105 Å². The number of hydrogen-bond acceptors (Lipinski definition) is 12. The highest BCUT2D eigenvalue weighted by atomic mass is 16.7. The van der Waals surface area contributed by atoms with Crippen LogP contribution in [0.5, 0.6) is 0 Å². The maximum Gasteiger partial charge on any atom is 0.303 e. The minimum absolute atomic E-state index is 0.143. The van der Waals surface area contributed by atoms with Crippen molar-refractivity contribution in [2.24, 2.45) is 0 Å². The highest BCUT2D eigenvalue weighted by Crippen LogP contribution is 2.28. The molecule has 0 saturated carbocycles. The first-order valence-corrected chi connectivity index (χ1v) is 15.5. The molecule has 2 rings (SSSR count). The fourth-order valence-electron chi connectivity index (χ4n) is 5.18. The Morgan fingerprint density at radius 3 is 1.67 bits per heavy atom. The van der Waals surface area contributed by atoms with E-state index in [4.69, 9.17) is 33.2 Å². The Morgan fingerprint density at radius 1 is 0.643 bits per heavy atom. The maximum atomic E-state index is 11.8. The van der Waals surface area contributed by atoms with Crippen molar-refractivity contribution in [3.63, 3.8) is 0 Å². The monoisotopic (exact) mass is 604 g/mol. The highest BCUT2D eigenvalue weighted by Gasteiger charge is 2.49. The Morgan fingerprint density at radius 2 is 1.12 bits per heavy atom. The van der Waals surface area contributed by atoms with Gasteiger partial charge in [0.05, 0.1) is 13.2 Å². The molecule has 0 aromatic carbocycles. The molecular formula is C30H52O12. The average Bonchev–Trinajstić information content (AvgIpc) is 2.92. The molecule has 2 aliphatic rings. The van der Waals surface area contributed by atoms with Gasteiger partial charge in [-0.25, -0.2) is 0 Å². The molecular weight excluding hydrogens is 552 g/mol. The van der Waals surface area contributed by atoms with E-state index in [1.54, 1.807) is 0 Å². The molecule has 8 atom stereocenters. The fourth-order valence-corrected chi connectivity index (χ4v) is 5.18. The van der Waals surface area contributed by atoms with E-state index in [0.29, 0.717) is 6.61 Å². The van der Waals surface area contributed by atoms with Crippen LogP contribution in [0.2, 0.25) is 0 Å². The van der Waals surface area contributed by atoms with Crippen molar-refractivity contribution in [3.05, 3.63) is 0 Å². The molecule has 2 N–H and O–H groups in total. The maximum absolute atomic E-state index is 11.8. The summed E-state index contributed by atoms with van der Waals surface area (Å²) in [6.07, 6.45) is 4.83. The second kappa shape index (κ2) is 20.2. The zero-order chi connectivity index (χ0) is 30.9. The third-order valence-corrected chi connectivity index (χ3v) is 7.31. The first-order valence-electron chi connectivity index (χ1n) is 15.5. The van der Waals surface area contributed by atoms with Gasteiger partial charge < -0.3 is 43.4 Å². The van der Waals surface area contributed by atoms with Gasteiger partial charge >= 0.3 is 17.9 Å². The summed E-state index contributed by atoms with van der Waals surface area (Å²) in [7, 11) is 0. The van der Waals surface area contributed by atoms with Gasteiger partial charge in [0.2, 0.25) is 0 Å². The quantitative estimate of drug-likeness (QED) is 0.126. The molecule has 0 aromatic heterocycles. The van der Waals surface area contributed by atoms with Crippen molar-refractivity contribution in [1.82, 2.24) is 0 Å². The molecule has 2 fully saturated rings. The standard InChI is InChI=1S/C30H52O12/c1-5-6-7-8-9-10-11-12-13-14-15-16-17-36-29-27(40-21(3)32)25(35)24(19-38-29)42-30-28(41-22(4)33)26(39-20(2)31)23(34)18-37-30/h23-30,34-35H,5-19H2,1-4H3/t23-,24-,25-,26-,27+,28+,29-,30+/m1/s1. The predicted octanol–water partition coefficient (Wildman–Crippen LogP) is 3.32. The Balaban J connectivity index is 1.81. The van der Waals surface area contributed by atoms with Crippen LogP contribution in [-0.4, -0.2) is 97.1 Å². The van der Waals surface area contributed by atoms with E-state index in [0.717, 1.165) is 33.1 Å². The normalized spacial score (nSPS) is 29.6. The smallest absolute Gasteiger partial charge is 0.303 e. The number of ether oxygens (including phenoxy) is 7. The zero-order valence-corrected chi connectivity index (χ0v) is 25.7. The SMILES string of the molecule is CCCCCCCCCCCCCCO[C@@H]1OC[C@@H](O[C@@H]2OC[C@@H](O)[C@@H](OC(C)=O)[C@@H]2OC(C)=O)[C@@H](O)[C@@H]1OC(C)=O. The van der Waals surface area contributed by atoms with Gasteiger partial charge in [-0.2, -0.15) is 0 Å². The van der Waals surface area contributed by atoms with E-state index in [-0.39, 0.29) is 13.2 Å². The summed E-state index contributed by atoms with van der Waals surface area (Å²) in [6, 6.07) is 0. The van der Waals surface area contributed by atoms with Crippen LogP contribution in [0.15, 0.2) is 0 Å². The summed E-state index contributed by atoms with van der Waals surface area (Å²) in [5.74, 6) is -2.04. The lowest BCUT2D eigenvalue weighted by atomic mass is 10.0. The molecule has 244 valence electrons. The number of aliphatic hydroxyl groups is 2. The molecule has 0 unspecified atom stereocenters. The van der Waals surface area contributed by atoms with Gasteiger partial charge in [-0.05, 0) is 6.42 Å². The number of rotatable bonds is 19. The van der Waals surface area contributed by atoms with E-state index in [1.165, 1.54) is 64.7 Å².